The van der Waals surface area contributed by atoms with Gasteiger partial charge in [0.25, 0.3) is 0 Å². The Morgan fingerprint density at radius 2 is 2.13 bits per heavy atom. The summed E-state index contributed by atoms with van der Waals surface area (Å²) in [6.45, 7) is 6.15. The molecule has 6 nitrogen and oxygen atoms in total. The van der Waals surface area contributed by atoms with E-state index in [9.17, 15) is 10.4 Å². The van der Waals surface area contributed by atoms with Gasteiger partial charge in [0.1, 0.15) is 17.4 Å². The van der Waals surface area contributed by atoms with Crippen molar-refractivity contribution in [1.29, 1.82) is 5.26 Å². The molecular formula is C17H18N4O2. The van der Waals surface area contributed by atoms with Gasteiger partial charge in [-0.15, -0.1) is 5.10 Å². The van der Waals surface area contributed by atoms with E-state index in [1.807, 2.05) is 26.8 Å². The van der Waals surface area contributed by atoms with Crippen molar-refractivity contribution in [3.05, 3.63) is 52.5 Å². The molecule has 0 saturated carbocycles. The molecule has 1 atom stereocenters. The fraction of sp³-hybridized carbons (Fsp3) is 0.294. The van der Waals surface area contributed by atoms with Gasteiger partial charge < -0.3 is 15.6 Å². The van der Waals surface area contributed by atoms with Crippen molar-refractivity contribution in [2.75, 3.05) is 0 Å². The first-order valence-electron chi connectivity index (χ1n) is 7.28. The molecule has 6 heteroatoms. The number of nitrogens with one attached hydrogen (secondary N) is 1. The maximum absolute atomic E-state index is 9.81. The molecule has 0 fully saturated rings. The average molecular weight is 310 g/mol. The van der Waals surface area contributed by atoms with Gasteiger partial charge in [0, 0.05) is 11.1 Å². The molecule has 0 spiro atoms. The summed E-state index contributed by atoms with van der Waals surface area (Å²) < 4.78 is 5.52. The minimum atomic E-state index is -0.427. The van der Waals surface area contributed by atoms with E-state index in [2.05, 4.69) is 16.3 Å². The number of nitrogens with two attached hydrogens (primary N) is 1. The van der Waals surface area contributed by atoms with Gasteiger partial charge in [-0.25, -0.2) is 0 Å². The lowest BCUT2D eigenvalue weighted by atomic mass is 9.79. The number of nitriles is 1. The molecule has 1 aromatic heterocycles. The minimum Gasteiger partial charge on any atom is -0.508 e. The van der Waals surface area contributed by atoms with E-state index in [0.29, 0.717) is 11.5 Å². The number of fused-ring (bicyclic) bond motifs is 1. The number of nitrogens with zero attached hydrogens (tertiary/aromatic N) is 2. The predicted octanol–water partition coefficient (Wildman–Crippen LogP) is 2.63. The first-order chi connectivity index (χ1) is 10.8. The van der Waals surface area contributed by atoms with Gasteiger partial charge in [0.05, 0.1) is 11.5 Å². The van der Waals surface area contributed by atoms with Gasteiger partial charge in [-0.05, 0) is 17.7 Å². The number of aromatic nitrogens is 2. The molecule has 0 saturated heterocycles. The lowest BCUT2D eigenvalue weighted by Gasteiger charge is -2.27. The topological polar surface area (TPSA) is 108 Å². The van der Waals surface area contributed by atoms with E-state index in [1.165, 1.54) is 0 Å². The van der Waals surface area contributed by atoms with Crippen LogP contribution in [0.2, 0.25) is 0 Å². The second kappa shape index (κ2) is 5.06. The molecule has 1 aliphatic heterocycles. The van der Waals surface area contributed by atoms with E-state index in [-0.39, 0.29) is 17.0 Å². The predicted molar refractivity (Wildman–Crippen MR) is 84.7 cm³/mol. The van der Waals surface area contributed by atoms with Crippen molar-refractivity contribution >= 4 is 0 Å². The Morgan fingerprint density at radius 1 is 1.39 bits per heavy atom. The van der Waals surface area contributed by atoms with Crippen LogP contribution in [0.1, 0.15) is 43.5 Å². The Balaban J connectivity index is 2.28. The summed E-state index contributed by atoms with van der Waals surface area (Å²) in [6, 6.07) is 8.94. The second-order valence-electron chi connectivity index (χ2n) is 6.59. The third-order valence-electron chi connectivity index (χ3n) is 3.89. The summed E-state index contributed by atoms with van der Waals surface area (Å²) in [5.41, 5.74) is 8.43. The molecule has 1 aliphatic rings. The number of hydrogen-bond donors (Lipinski definition) is 3. The summed E-state index contributed by atoms with van der Waals surface area (Å²) in [5, 5.41) is 26.6. The van der Waals surface area contributed by atoms with E-state index in [4.69, 9.17) is 10.5 Å². The zero-order chi connectivity index (χ0) is 16.8. The first kappa shape index (κ1) is 15.0. The van der Waals surface area contributed by atoms with Crippen molar-refractivity contribution in [1.82, 2.24) is 10.2 Å². The number of phenolic OH excluding ortho intramolecular Hbond substituents is 1. The van der Waals surface area contributed by atoms with E-state index >= 15 is 0 Å². The number of allylic oxidation sites excluding steroid dienone is 1. The third-order valence-corrected chi connectivity index (χ3v) is 3.89. The summed E-state index contributed by atoms with van der Waals surface area (Å²) in [5.74, 6) is 0.121. The van der Waals surface area contributed by atoms with Crippen molar-refractivity contribution < 1.29 is 9.84 Å². The number of H-pyrrole nitrogens is 1. The number of rotatable bonds is 1. The van der Waals surface area contributed by atoms with Gasteiger partial charge in [-0.1, -0.05) is 32.9 Å². The number of ether oxygens (including phenoxy) is 1. The van der Waals surface area contributed by atoms with Crippen molar-refractivity contribution in [2.24, 2.45) is 5.73 Å². The molecule has 0 amide bonds. The smallest absolute Gasteiger partial charge is 0.244 e. The monoisotopic (exact) mass is 310 g/mol. The molecule has 2 heterocycles. The van der Waals surface area contributed by atoms with Crippen molar-refractivity contribution in [3.8, 4) is 17.7 Å². The van der Waals surface area contributed by atoms with Crippen LogP contribution in [-0.2, 0) is 5.41 Å². The number of phenols is 1. The molecule has 0 radical (unpaired) electrons. The van der Waals surface area contributed by atoms with Gasteiger partial charge >= 0.3 is 0 Å². The first-order valence-corrected chi connectivity index (χ1v) is 7.28. The van der Waals surface area contributed by atoms with Crippen molar-refractivity contribution in [3.63, 3.8) is 0 Å². The lowest BCUT2D eigenvalue weighted by Crippen LogP contribution is -2.23. The largest absolute Gasteiger partial charge is 0.508 e. The summed E-state index contributed by atoms with van der Waals surface area (Å²) >= 11 is 0. The Bertz CT molecular complexity index is 837. The van der Waals surface area contributed by atoms with Crippen LogP contribution >= 0.6 is 0 Å². The van der Waals surface area contributed by atoms with E-state index < -0.39 is 5.92 Å². The highest BCUT2D eigenvalue weighted by atomic mass is 16.5. The number of aromatic hydroxyl groups is 1. The van der Waals surface area contributed by atoms with Gasteiger partial charge in [0.2, 0.25) is 11.8 Å². The number of hydrogen-bond acceptors (Lipinski definition) is 5. The highest BCUT2D eigenvalue weighted by Gasteiger charge is 2.38. The van der Waals surface area contributed by atoms with Crippen LogP contribution in [0.3, 0.4) is 0 Å². The number of benzene rings is 1. The molecule has 0 unspecified atom stereocenters. The highest BCUT2D eigenvalue weighted by molar-refractivity contribution is 5.56. The average Bonchev–Trinajstić information content (AvgIpc) is 2.89. The molecule has 0 bridgehead atoms. The van der Waals surface area contributed by atoms with E-state index in [1.54, 1.807) is 18.2 Å². The molecular weight excluding hydrogens is 292 g/mol. The fourth-order valence-electron chi connectivity index (χ4n) is 2.85. The standard InChI is InChI=1S/C17H18N4O2/c1-17(2,3)14-13-12(9-5-4-6-10(22)7-9)11(8-18)15(19)23-16(13)21-20-14/h4-7,12,22H,19H2,1-3H3,(H,20,21)/t12-/m1/s1. The van der Waals surface area contributed by atoms with Crippen LogP contribution < -0.4 is 10.5 Å². The normalized spacial score (nSPS) is 17.4. The zero-order valence-corrected chi connectivity index (χ0v) is 13.2. The van der Waals surface area contributed by atoms with Crippen LogP contribution in [0.5, 0.6) is 11.6 Å². The SMILES string of the molecule is CC(C)(C)c1[nH]nc2c1[C@H](c1cccc(O)c1)C(C#N)=C(N)O2. The summed E-state index contributed by atoms with van der Waals surface area (Å²) in [7, 11) is 0. The maximum Gasteiger partial charge on any atom is 0.244 e. The van der Waals surface area contributed by atoms with Gasteiger partial charge in [-0.2, -0.15) is 5.26 Å². The van der Waals surface area contributed by atoms with Crippen LogP contribution in [0, 0.1) is 11.3 Å². The highest BCUT2D eigenvalue weighted by Crippen LogP contribution is 2.45. The zero-order valence-electron chi connectivity index (χ0n) is 13.2. The molecule has 0 aliphatic carbocycles. The summed E-state index contributed by atoms with van der Waals surface area (Å²) in [4.78, 5) is 0. The van der Waals surface area contributed by atoms with Gasteiger partial charge in [-0.3, -0.25) is 5.10 Å². The Labute approximate surface area is 134 Å². The van der Waals surface area contributed by atoms with Crippen LogP contribution in [0.15, 0.2) is 35.7 Å². The van der Waals surface area contributed by atoms with E-state index in [0.717, 1.165) is 16.8 Å². The van der Waals surface area contributed by atoms with Gasteiger partial charge in [0.15, 0.2) is 0 Å². The molecule has 118 valence electrons. The molecule has 4 N–H and O–H groups in total. The summed E-state index contributed by atoms with van der Waals surface area (Å²) in [6.07, 6.45) is 0. The molecule has 23 heavy (non-hydrogen) atoms. The van der Waals surface area contributed by atoms with Crippen LogP contribution in [-0.4, -0.2) is 15.3 Å². The Morgan fingerprint density at radius 3 is 2.74 bits per heavy atom. The second-order valence-corrected chi connectivity index (χ2v) is 6.59. The lowest BCUT2D eigenvalue weighted by molar-refractivity contribution is 0.378. The fourth-order valence-corrected chi connectivity index (χ4v) is 2.85. The molecule has 2 aromatic rings. The third kappa shape index (κ3) is 2.40. The Hall–Kier alpha value is -2.94. The minimum absolute atomic E-state index is 0.0419. The quantitative estimate of drug-likeness (QED) is 0.750. The van der Waals surface area contributed by atoms with Crippen LogP contribution in [0.4, 0.5) is 0 Å². The number of aromatic amines is 1. The molecule has 3 rings (SSSR count). The van der Waals surface area contributed by atoms with Crippen molar-refractivity contribution in [2.45, 2.75) is 32.1 Å². The maximum atomic E-state index is 9.81. The van der Waals surface area contributed by atoms with Crippen LogP contribution in [0.25, 0.3) is 0 Å². The Kier molecular flexibility index (Phi) is 3.29. The molecule has 1 aromatic carbocycles.